The minimum absolute atomic E-state index is 0.168. The molecule has 0 spiro atoms. The second kappa shape index (κ2) is 10.6. The van der Waals surface area contributed by atoms with E-state index in [1.54, 1.807) is 12.3 Å². The van der Waals surface area contributed by atoms with Crippen LogP contribution in [0.2, 0.25) is 0 Å². The van der Waals surface area contributed by atoms with Gasteiger partial charge in [0.1, 0.15) is 12.4 Å². The topological polar surface area (TPSA) is 74.5 Å². The van der Waals surface area contributed by atoms with Crippen LogP contribution in [0.3, 0.4) is 0 Å². The van der Waals surface area contributed by atoms with Gasteiger partial charge in [-0.15, -0.1) is 0 Å². The van der Waals surface area contributed by atoms with Crippen LogP contribution in [-0.2, 0) is 17.8 Å². The van der Waals surface area contributed by atoms with Crippen molar-refractivity contribution in [2.75, 3.05) is 0 Å². The van der Waals surface area contributed by atoms with Crippen LogP contribution in [0, 0.1) is 25.2 Å². The molecule has 0 aliphatic carbocycles. The van der Waals surface area contributed by atoms with Gasteiger partial charge in [0, 0.05) is 5.56 Å². The quantitative estimate of drug-likeness (QED) is 0.376. The third-order valence-electron chi connectivity index (χ3n) is 4.73. The number of hydrogen-bond donors (Lipinski definition) is 1. The molecule has 0 atom stereocenters. The van der Waals surface area contributed by atoms with Crippen molar-refractivity contribution >= 4 is 28.1 Å². The SMILES string of the molecule is Cc1ccc(CC(=O)N/N=C\c2ccc(OCc3ccccc3C#N)c(Br)c2)c(C)c1. The first-order valence-corrected chi connectivity index (χ1v) is 10.5. The van der Waals surface area contributed by atoms with Crippen LogP contribution < -0.4 is 10.2 Å². The fourth-order valence-electron chi connectivity index (χ4n) is 3.06. The van der Waals surface area contributed by atoms with Crippen molar-refractivity contribution < 1.29 is 9.53 Å². The van der Waals surface area contributed by atoms with Crippen molar-refractivity contribution in [3.8, 4) is 11.8 Å². The first kappa shape index (κ1) is 22.3. The number of hydrogen-bond acceptors (Lipinski definition) is 4. The van der Waals surface area contributed by atoms with Crippen LogP contribution in [0.5, 0.6) is 5.75 Å². The predicted molar refractivity (Wildman–Crippen MR) is 125 cm³/mol. The fraction of sp³-hybridized carbons (Fsp3) is 0.160. The van der Waals surface area contributed by atoms with E-state index in [9.17, 15) is 10.1 Å². The van der Waals surface area contributed by atoms with Crippen LogP contribution in [0.15, 0.2) is 70.2 Å². The number of ether oxygens (including phenoxy) is 1. The monoisotopic (exact) mass is 475 g/mol. The molecule has 156 valence electrons. The van der Waals surface area contributed by atoms with Crippen LogP contribution in [0.1, 0.15) is 33.4 Å². The summed E-state index contributed by atoms with van der Waals surface area (Å²) >= 11 is 3.50. The highest BCUT2D eigenvalue weighted by molar-refractivity contribution is 9.10. The molecule has 1 N–H and O–H groups in total. The van der Waals surface area contributed by atoms with E-state index in [0.717, 1.165) is 26.7 Å². The Morgan fingerprint density at radius 1 is 1.13 bits per heavy atom. The molecule has 3 rings (SSSR count). The van der Waals surface area contributed by atoms with Gasteiger partial charge in [-0.25, -0.2) is 5.43 Å². The summed E-state index contributed by atoms with van der Waals surface area (Å²) in [6, 6.07) is 21.0. The van der Waals surface area contributed by atoms with Gasteiger partial charge in [0.2, 0.25) is 5.91 Å². The van der Waals surface area contributed by atoms with Gasteiger partial charge in [-0.05, 0) is 70.7 Å². The van der Waals surface area contributed by atoms with E-state index >= 15 is 0 Å². The number of carbonyl (C=O) groups excluding carboxylic acids is 1. The Kier molecular flexibility index (Phi) is 7.58. The van der Waals surface area contributed by atoms with Gasteiger partial charge >= 0.3 is 0 Å². The number of hydrazone groups is 1. The first-order valence-electron chi connectivity index (χ1n) is 9.74. The third kappa shape index (κ3) is 6.27. The molecule has 6 heteroatoms. The zero-order valence-corrected chi connectivity index (χ0v) is 18.9. The Hall–Kier alpha value is -3.43. The molecule has 0 radical (unpaired) electrons. The molecule has 0 aliphatic heterocycles. The van der Waals surface area contributed by atoms with Crippen molar-refractivity contribution in [3.05, 3.63) is 98.5 Å². The lowest BCUT2D eigenvalue weighted by Gasteiger charge is -2.10. The predicted octanol–water partition coefficient (Wildman–Crippen LogP) is 5.21. The van der Waals surface area contributed by atoms with Crippen molar-refractivity contribution in [1.29, 1.82) is 5.26 Å². The molecule has 31 heavy (non-hydrogen) atoms. The van der Waals surface area contributed by atoms with E-state index in [-0.39, 0.29) is 12.3 Å². The van der Waals surface area contributed by atoms with E-state index in [0.29, 0.717) is 17.9 Å². The van der Waals surface area contributed by atoms with Gasteiger partial charge < -0.3 is 4.74 Å². The molecule has 0 bridgehead atoms. The Balaban J connectivity index is 1.56. The Morgan fingerprint density at radius 3 is 2.68 bits per heavy atom. The molecule has 0 fully saturated rings. The van der Waals surface area contributed by atoms with Crippen LogP contribution in [0.25, 0.3) is 0 Å². The molecule has 0 saturated heterocycles. The highest BCUT2D eigenvalue weighted by Crippen LogP contribution is 2.26. The van der Waals surface area contributed by atoms with Gasteiger partial charge in [0.05, 0.1) is 28.7 Å². The molecular formula is C25H22BrN3O2. The lowest BCUT2D eigenvalue weighted by molar-refractivity contribution is -0.120. The van der Waals surface area contributed by atoms with E-state index in [1.165, 1.54) is 5.56 Å². The molecule has 1 amide bonds. The molecule has 0 saturated carbocycles. The smallest absolute Gasteiger partial charge is 0.244 e. The number of nitrogens with one attached hydrogen (secondary N) is 1. The van der Waals surface area contributed by atoms with Gasteiger partial charge in [-0.3, -0.25) is 4.79 Å². The minimum atomic E-state index is -0.168. The first-order chi connectivity index (χ1) is 15.0. The number of rotatable bonds is 7. The summed E-state index contributed by atoms with van der Waals surface area (Å²) in [5.74, 6) is 0.488. The van der Waals surface area contributed by atoms with Gasteiger partial charge in [-0.1, -0.05) is 42.0 Å². The van der Waals surface area contributed by atoms with Crippen LogP contribution in [-0.4, -0.2) is 12.1 Å². The summed E-state index contributed by atoms with van der Waals surface area (Å²) < 4.78 is 6.59. The van der Waals surface area contributed by atoms with Crippen LogP contribution in [0.4, 0.5) is 0 Å². The summed E-state index contributed by atoms with van der Waals surface area (Å²) in [6.45, 7) is 4.32. The molecule has 3 aromatic carbocycles. The zero-order chi connectivity index (χ0) is 22.2. The third-order valence-corrected chi connectivity index (χ3v) is 5.35. The number of benzene rings is 3. The van der Waals surface area contributed by atoms with Gasteiger partial charge in [-0.2, -0.15) is 10.4 Å². The Labute approximate surface area is 190 Å². The average Bonchev–Trinajstić information content (AvgIpc) is 2.75. The number of aryl methyl sites for hydroxylation is 2. The molecular weight excluding hydrogens is 454 g/mol. The maximum Gasteiger partial charge on any atom is 0.244 e. The standard InChI is InChI=1S/C25H22BrN3O2/c1-17-7-9-20(18(2)11-17)13-25(30)29-28-15-19-8-10-24(23(26)12-19)31-16-22-6-4-3-5-21(22)14-27/h3-12,15H,13,16H2,1-2H3,(H,29,30)/b28-15-. The zero-order valence-electron chi connectivity index (χ0n) is 17.4. The molecule has 0 aromatic heterocycles. The van der Waals surface area contributed by atoms with Gasteiger partial charge in [0.15, 0.2) is 0 Å². The Bertz CT molecular complexity index is 1170. The number of amides is 1. The summed E-state index contributed by atoms with van der Waals surface area (Å²) in [4.78, 5) is 12.2. The normalized spacial score (nSPS) is 10.6. The largest absolute Gasteiger partial charge is 0.488 e. The second-order valence-corrected chi connectivity index (χ2v) is 8.00. The molecule has 3 aromatic rings. The Morgan fingerprint density at radius 2 is 1.94 bits per heavy atom. The van der Waals surface area contributed by atoms with E-state index < -0.39 is 0 Å². The highest BCUT2D eigenvalue weighted by atomic mass is 79.9. The average molecular weight is 476 g/mol. The van der Waals surface area contributed by atoms with E-state index in [2.05, 4.69) is 38.6 Å². The summed E-state index contributed by atoms with van der Waals surface area (Å²) in [5, 5.41) is 13.2. The number of carbonyl (C=O) groups is 1. The molecule has 0 heterocycles. The van der Waals surface area contributed by atoms with Crippen molar-refractivity contribution in [2.45, 2.75) is 26.9 Å². The summed E-state index contributed by atoms with van der Waals surface area (Å²) in [5.41, 5.74) is 8.05. The summed E-state index contributed by atoms with van der Waals surface area (Å²) in [7, 11) is 0. The fourth-order valence-corrected chi connectivity index (χ4v) is 3.57. The van der Waals surface area contributed by atoms with Crippen molar-refractivity contribution in [2.24, 2.45) is 5.10 Å². The maximum absolute atomic E-state index is 12.2. The second-order valence-electron chi connectivity index (χ2n) is 7.15. The minimum Gasteiger partial charge on any atom is -0.488 e. The van der Waals surface area contributed by atoms with Crippen molar-refractivity contribution in [3.63, 3.8) is 0 Å². The van der Waals surface area contributed by atoms with Gasteiger partial charge in [0.25, 0.3) is 0 Å². The number of nitrogens with zero attached hydrogens (tertiary/aromatic N) is 2. The summed E-state index contributed by atoms with van der Waals surface area (Å²) in [6.07, 6.45) is 1.86. The van der Waals surface area contributed by atoms with E-state index in [1.807, 2.05) is 62.4 Å². The van der Waals surface area contributed by atoms with E-state index in [4.69, 9.17) is 4.74 Å². The lowest BCUT2D eigenvalue weighted by atomic mass is 10.0. The number of halogens is 1. The molecule has 0 aliphatic rings. The molecule has 0 unspecified atom stereocenters. The highest BCUT2D eigenvalue weighted by Gasteiger charge is 2.07. The molecule has 5 nitrogen and oxygen atoms in total. The van der Waals surface area contributed by atoms with Crippen molar-refractivity contribution in [1.82, 2.24) is 5.43 Å². The van der Waals surface area contributed by atoms with Crippen LogP contribution >= 0.6 is 15.9 Å². The number of nitriles is 1. The lowest BCUT2D eigenvalue weighted by Crippen LogP contribution is -2.20. The maximum atomic E-state index is 12.2.